The lowest BCUT2D eigenvalue weighted by atomic mass is 9.93. The second-order valence-corrected chi connectivity index (χ2v) is 15.2. The van der Waals surface area contributed by atoms with E-state index in [1.165, 1.54) is 7.11 Å². The molecule has 0 heterocycles. The Morgan fingerprint density at radius 2 is 1.69 bits per heavy atom. The molecule has 200 valence electrons. The van der Waals surface area contributed by atoms with E-state index in [1.807, 2.05) is 31.2 Å². The van der Waals surface area contributed by atoms with Crippen molar-refractivity contribution in [3.05, 3.63) is 29.8 Å². The van der Waals surface area contributed by atoms with E-state index >= 15 is 0 Å². The molecule has 1 rings (SSSR count). The minimum Gasteiger partial charge on any atom is -0.497 e. The third-order valence-corrected chi connectivity index (χ3v) is 11.3. The summed E-state index contributed by atoms with van der Waals surface area (Å²) in [4.78, 5) is 24.7. The number of aliphatic hydroxyl groups excluding tert-OH is 1. The largest absolute Gasteiger partial charge is 0.497 e. The Morgan fingerprint density at radius 3 is 2.14 bits per heavy atom. The number of hydrogen-bond acceptors (Lipinski definition) is 7. The molecule has 0 fully saturated rings. The Kier molecular flexibility index (Phi) is 12.4. The van der Waals surface area contributed by atoms with Crippen LogP contribution in [0.15, 0.2) is 24.3 Å². The zero-order valence-electron chi connectivity index (χ0n) is 22.8. The summed E-state index contributed by atoms with van der Waals surface area (Å²) >= 11 is 0. The number of esters is 1. The molecule has 1 aromatic rings. The Morgan fingerprint density at radius 1 is 1.09 bits per heavy atom. The molecule has 8 nitrogen and oxygen atoms in total. The highest BCUT2D eigenvalue weighted by Crippen LogP contribution is 2.39. The molecular formula is C26H45NO7Si. The average molecular weight is 512 g/mol. The summed E-state index contributed by atoms with van der Waals surface area (Å²) in [5.74, 6) is -0.375. The SMILES string of the molecule is CC[C@@H](OCc1ccc(OC)cc1)[C@@H](C)[C@H](CC(=O)N[C@@H](CO)C(=O)OC)O[Si](C)(C)C(C)(C)C. The predicted octanol–water partition coefficient (Wildman–Crippen LogP) is 4.06. The van der Waals surface area contributed by atoms with Gasteiger partial charge in [-0.05, 0) is 42.2 Å². The number of amides is 1. The van der Waals surface area contributed by atoms with Gasteiger partial charge in [-0.15, -0.1) is 0 Å². The Hall–Kier alpha value is -1.94. The fourth-order valence-corrected chi connectivity index (χ4v) is 4.86. The molecule has 0 aliphatic heterocycles. The number of aliphatic hydroxyl groups is 1. The molecule has 0 saturated carbocycles. The third-order valence-electron chi connectivity index (χ3n) is 6.84. The fraction of sp³-hybridized carbons (Fsp3) is 0.692. The monoisotopic (exact) mass is 511 g/mol. The third kappa shape index (κ3) is 9.55. The van der Waals surface area contributed by atoms with Crippen molar-refractivity contribution in [1.29, 1.82) is 0 Å². The van der Waals surface area contributed by atoms with Gasteiger partial charge < -0.3 is 29.1 Å². The number of rotatable bonds is 14. The number of methoxy groups -OCH3 is 2. The van der Waals surface area contributed by atoms with Crippen LogP contribution in [0.3, 0.4) is 0 Å². The molecule has 9 heteroatoms. The van der Waals surface area contributed by atoms with Gasteiger partial charge in [-0.2, -0.15) is 0 Å². The molecule has 4 atom stereocenters. The molecule has 2 N–H and O–H groups in total. The van der Waals surface area contributed by atoms with Crippen molar-refractivity contribution in [2.75, 3.05) is 20.8 Å². The minimum atomic E-state index is -2.22. The maximum absolute atomic E-state index is 12.9. The van der Waals surface area contributed by atoms with Crippen molar-refractivity contribution >= 4 is 20.2 Å². The van der Waals surface area contributed by atoms with Crippen LogP contribution in [0.25, 0.3) is 0 Å². The van der Waals surface area contributed by atoms with E-state index in [0.717, 1.165) is 17.7 Å². The summed E-state index contributed by atoms with van der Waals surface area (Å²) in [6.07, 6.45) is 0.226. The lowest BCUT2D eigenvalue weighted by molar-refractivity contribution is -0.146. The highest BCUT2D eigenvalue weighted by molar-refractivity contribution is 6.74. The van der Waals surface area contributed by atoms with Crippen molar-refractivity contribution in [2.24, 2.45) is 5.92 Å². The van der Waals surface area contributed by atoms with Gasteiger partial charge in [0, 0.05) is 5.92 Å². The number of ether oxygens (including phenoxy) is 3. The van der Waals surface area contributed by atoms with Crippen LogP contribution in [-0.4, -0.2) is 64.4 Å². The van der Waals surface area contributed by atoms with Crippen LogP contribution in [0.5, 0.6) is 5.75 Å². The summed E-state index contributed by atoms with van der Waals surface area (Å²) in [7, 11) is 0.628. The number of benzene rings is 1. The van der Waals surface area contributed by atoms with Crippen molar-refractivity contribution in [3.63, 3.8) is 0 Å². The average Bonchev–Trinajstić information content (AvgIpc) is 2.81. The molecule has 0 aliphatic carbocycles. The van der Waals surface area contributed by atoms with Crippen molar-refractivity contribution in [2.45, 2.75) is 90.4 Å². The number of hydrogen-bond donors (Lipinski definition) is 2. The molecule has 0 saturated heterocycles. The second-order valence-electron chi connectivity index (χ2n) is 10.4. The lowest BCUT2D eigenvalue weighted by Crippen LogP contribution is -2.50. The standard InChI is InChI=1S/C26H45NO7Si/c1-10-22(33-17-19-11-13-20(31-6)14-12-19)18(2)23(34-35(8,9)26(3,4)5)15-24(29)27-21(16-28)25(30)32-7/h11-14,18,21-23,28H,10,15-17H2,1-9H3,(H,27,29)/t18-,21+,22-,23+/m1/s1. The first-order chi connectivity index (χ1) is 16.3. The molecule has 0 aromatic heterocycles. The highest BCUT2D eigenvalue weighted by Gasteiger charge is 2.42. The van der Waals surface area contributed by atoms with E-state index in [4.69, 9.17) is 13.9 Å². The van der Waals surface area contributed by atoms with Crippen LogP contribution in [-0.2, 0) is 30.1 Å². The molecule has 1 amide bonds. The maximum atomic E-state index is 12.9. The summed E-state index contributed by atoms with van der Waals surface area (Å²) in [6.45, 7) is 14.7. The van der Waals surface area contributed by atoms with Gasteiger partial charge in [0.2, 0.25) is 5.91 Å². The summed E-state index contributed by atoms with van der Waals surface area (Å²) in [6, 6.07) is 6.62. The number of carbonyl (C=O) groups is 2. The Balaban J connectivity index is 3.04. The molecule has 1 aromatic carbocycles. The van der Waals surface area contributed by atoms with Gasteiger partial charge in [0.15, 0.2) is 14.4 Å². The summed E-state index contributed by atoms with van der Waals surface area (Å²) in [5, 5.41) is 12.0. The predicted molar refractivity (Wildman–Crippen MR) is 139 cm³/mol. The molecule has 0 unspecified atom stereocenters. The van der Waals surface area contributed by atoms with Crippen LogP contribution < -0.4 is 10.1 Å². The van der Waals surface area contributed by atoms with E-state index in [1.54, 1.807) is 7.11 Å². The fourth-order valence-electron chi connectivity index (χ4n) is 3.45. The smallest absolute Gasteiger partial charge is 0.330 e. The normalized spacial score (nSPS) is 15.6. The molecule has 35 heavy (non-hydrogen) atoms. The van der Waals surface area contributed by atoms with Crippen molar-refractivity contribution in [1.82, 2.24) is 5.32 Å². The molecule has 0 spiro atoms. The lowest BCUT2D eigenvalue weighted by Gasteiger charge is -2.42. The first kappa shape index (κ1) is 31.1. The van der Waals surface area contributed by atoms with Gasteiger partial charge in [-0.3, -0.25) is 4.79 Å². The van der Waals surface area contributed by atoms with Crippen molar-refractivity contribution < 1.29 is 33.3 Å². The first-order valence-corrected chi connectivity index (χ1v) is 15.1. The highest BCUT2D eigenvalue weighted by atomic mass is 28.4. The van der Waals surface area contributed by atoms with Crippen LogP contribution in [0.4, 0.5) is 0 Å². The first-order valence-electron chi connectivity index (χ1n) is 12.2. The quantitative estimate of drug-likeness (QED) is 0.287. The van der Waals surface area contributed by atoms with E-state index < -0.39 is 33.0 Å². The van der Waals surface area contributed by atoms with Gasteiger partial charge in [0.1, 0.15) is 5.75 Å². The summed E-state index contributed by atoms with van der Waals surface area (Å²) in [5.41, 5.74) is 1.03. The van der Waals surface area contributed by atoms with E-state index in [9.17, 15) is 14.7 Å². The zero-order valence-corrected chi connectivity index (χ0v) is 23.8. The zero-order chi connectivity index (χ0) is 26.8. The van der Waals surface area contributed by atoms with E-state index in [-0.39, 0.29) is 29.4 Å². The van der Waals surface area contributed by atoms with E-state index in [2.05, 4.69) is 50.8 Å². The molecular weight excluding hydrogens is 466 g/mol. The van der Waals surface area contributed by atoms with Gasteiger partial charge in [-0.25, -0.2) is 4.79 Å². The Labute approximate surface area is 211 Å². The van der Waals surface area contributed by atoms with Gasteiger partial charge in [0.25, 0.3) is 0 Å². The number of carbonyl (C=O) groups excluding carboxylic acids is 2. The Bertz CT molecular complexity index is 792. The van der Waals surface area contributed by atoms with Crippen LogP contribution >= 0.6 is 0 Å². The van der Waals surface area contributed by atoms with Gasteiger partial charge in [-0.1, -0.05) is 46.8 Å². The maximum Gasteiger partial charge on any atom is 0.330 e. The molecule has 0 bridgehead atoms. The van der Waals surface area contributed by atoms with Crippen molar-refractivity contribution in [3.8, 4) is 5.75 Å². The van der Waals surface area contributed by atoms with Crippen LogP contribution in [0, 0.1) is 5.92 Å². The second kappa shape index (κ2) is 14.0. The van der Waals surface area contributed by atoms with Crippen LogP contribution in [0.2, 0.25) is 18.1 Å². The van der Waals surface area contributed by atoms with Gasteiger partial charge >= 0.3 is 5.97 Å². The van der Waals surface area contributed by atoms with E-state index in [0.29, 0.717) is 6.61 Å². The molecule has 0 aliphatic rings. The van der Waals surface area contributed by atoms with Gasteiger partial charge in [0.05, 0.1) is 46.1 Å². The number of nitrogens with one attached hydrogen (secondary N) is 1. The minimum absolute atomic E-state index is 0.0452. The molecule has 0 radical (unpaired) electrons. The topological polar surface area (TPSA) is 103 Å². The summed E-state index contributed by atoms with van der Waals surface area (Å²) < 4.78 is 22.9. The van der Waals surface area contributed by atoms with Crippen LogP contribution in [0.1, 0.15) is 53.0 Å².